The van der Waals surface area contributed by atoms with Crippen LogP contribution in [0.25, 0.3) is 0 Å². The van der Waals surface area contributed by atoms with Crippen molar-refractivity contribution in [3.05, 3.63) is 0 Å². The average Bonchev–Trinajstić information content (AvgIpc) is 2.98. The number of rotatable bonds is 2. The second-order valence-corrected chi connectivity index (χ2v) is 7.91. The Kier molecular flexibility index (Phi) is 3.10. The normalized spacial score (nSPS) is 42.0. The molecular formula is C17H27NO2. The van der Waals surface area contributed by atoms with Crippen LogP contribution >= 0.6 is 0 Å². The summed E-state index contributed by atoms with van der Waals surface area (Å²) >= 11 is 0. The highest BCUT2D eigenvalue weighted by Crippen LogP contribution is 2.51. The SMILES string of the molecule is O=C(CC1CC2CCC1C2)N1CCC(O)CC12CCC2. The molecule has 2 bridgehead atoms. The van der Waals surface area contributed by atoms with E-state index in [4.69, 9.17) is 0 Å². The van der Waals surface area contributed by atoms with Crippen molar-refractivity contribution in [1.29, 1.82) is 0 Å². The number of hydrogen-bond acceptors (Lipinski definition) is 2. The Morgan fingerprint density at radius 3 is 2.65 bits per heavy atom. The molecule has 3 heteroatoms. The van der Waals surface area contributed by atoms with Gasteiger partial charge in [0.1, 0.15) is 0 Å². The van der Waals surface area contributed by atoms with Gasteiger partial charge < -0.3 is 10.0 Å². The molecule has 3 nitrogen and oxygen atoms in total. The zero-order valence-electron chi connectivity index (χ0n) is 12.4. The molecule has 0 aromatic rings. The molecule has 1 saturated heterocycles. The van der Waals surface area contributed by atoms with Crippen LogP contribution in [0.5, 0.6) is 0 Å². The van der Waals surface area contributed by atoms with Crippen molar-refractivity contribution in [2.45, 2.75) is 75.9 Å². The van der Waals surface area contributed by atoms with Gasteiger partial charge in [-0.2, -0.15) is 0 Å². The Morgan fingerprint density at radius 2 is 2.05 bits per heavy atom. The van der Waals surface area contributed by atoms with Crippen LogP contribution in [-0.2, 0) is 4.79 Å². The molecule has 4 aliphatic rings. The molecule has 4 unspecified atom stereocenters. The molecule has 1 heterocycles. The van der Waals surface area contributed by atoms with E-state index in [0.717, 1.165) is 50.5 Å². The van der Waals surface area contributed by atoms with Crippen molar-refractivity contribution in [2.24, 2.45) is 17.8 Å². The number of carbonyl (C=O) groups is 1. The second kappa shape index (κ2) is 4.72. The van der Waals surface area contributed by atoms with Gasteiger partial charge in [0.05, 0.1) is 6.10 Å². The number of aliphatic hydroxyl groups is 1. The summed E-state index contributed by atoms with van der Waals surface area (Å²) in [5.74, 6) is 2.84. The first-order chi connectivity index (χ1) is 9.66. The Labute approximate surface area is 121 Å². The van der Waals surface area contributed by atoms with Crippen LogP contribution in [0.1, 0.15) is 64.2 Å². The molecule has 3 aliphatic carbocycles. The molecule has 0 aromatic heterocycles. The van der Waals surface area contributed by atoms with Gasteiger partial charge in [-0.3, -0.25) is 4.79 Å². The maximum Gasteiger partial charge on any atom is 0.223 e. The highest BCUT2D eigenvalue weighted by Gasteiger charge is 2.49. The largest absolute Gasteiger partial charge is 0.393 e. The number of aliphatic hydroxyl groups excluding tert-OH is 1. The van der Waals surface area contributed by atoms with Crippen LogP contribution in [0.2, 0.25) is 0 Å². The van der Waals surface area contributed by atoms with E-state index in [9.17, 15) is 9.90 Å². The monoisotopic (exact) mass is 277 g/mol. The van der Waals surface area contributed by atoms with Gasteiger partial charge in [0.2, 0.25) is 5.91 Å². The van der Waals surface area contributed by atoms with E-state index in [2.05, 4.69) is 4.90 Å². The van der Waals surface area contributed by atoms with Gasteiger partial charge >= 0.3 is 0 Å². The molecule has 1 N–H and O–H groups in total. The zero-order valence-corrected chi connectivity index (χ0v) is 12.4. The molecule has 112 valence electrons. The van der Waals surface area contributed by atoms with Gasteiger partial charge in [-0.05, 0) is 69.1 Å². The number of amides is 1. The van der Waals surface area contributed by atoms with Crippen molar-refractivity contribution in [3.63, 3.8) is 0 Å². The topological polar surface area (TPSA) is 40.5 Å². The fourth-order valence-electron chi connectivity index (χ4n) is 5.58. The number of piperidine rings is 1. The van der Waals surface area contributed by atoms with Gasteiger partial charge in [-0.1, -0.05) is 6.42 Å². The first-order valence-corrected chi connectivity index (χ1v) is 8.65. The van der Waals surface area contributed by atoms with Crippen molar-refractivity contribution in [2.75, 3.05) is 6.54 Å². The van der Waals surface area contributed by atoms with E-state index in [1.54, 1.807) is 0 Å². The summed E-state index contributed by atoms with van der Waals surface area (Å²) in [4.78, 5) is 15.0. The number of hydrogen-bond donors (Lipinski definition) is 1. The third kappa shape index (κ3) is 2.01. The summed E-state index contributed by atoms with van der Waals surface area (Å²) in [6, 6.07) is 0. The zero-order chi connectivity index (χ0) is 13.7. The summed E-state index contributed by atoms with van der Waals surface area (Å²) in [6.45, 7) is 0.792. The number of carbonyl (C=O) groups excluding carboxylic acids is 1. The lowest BCUT2D eigenvalue weighted by molar-refractivity contribution is -0.151. The summed E-state index contributed by atoms with van der Waals surface area (Å²) in [5, 5.41) is 9.94. The summed E-state index contributed by atoms with van der Waals surface area (Å²) in [6.07, 6.45) is 11.2. The van der Waals surface area contributed by atoms with Crippen molar-refractivity contribution < 1.29 is 9.90 Å². The predicted octanol–water partition coefficient (Wildman–Crippen LogP) is 2.72. The Bertz CT molecular complexity index is 404. The van der Waals surface area contributed by atoms with Crippen LogP contribution in [0.3, 0.4) is 0 Å². The lowest BCUT2D eigenvalue weighted by atomic mass is 9.69. The smallest absolute Gasteiger partial charge is 0.223 e. The average molecular weight is 277 g/mol. The van der Waals surface area contributed by atoms with Crippen LogP contribution in [0.15, 0.2) is 0 Å². The third-order valence-corrected chi connectivity index (χ3v) is 6.78. The van der Waals surface area contributed by atoms with Gasteiger partial charge in [-0.15, -0.1) is 0 Å². The third-order valence-electron chi connectivity index (χ3n) is 6.78. The van der Waals surface area contributed by atoms with Gasteiger partial charge in [0.15, 0.2) is 0 Å². The van der Waals surface area contributed by atoms with Crippen molar-refractivity contribution in [1.82, 2.24) is 4.90 Å². The molecular weight excluding hydrogens is 250 g/mol. The van der Waals surface area contributed by atoms with E-state index in [0.29, 0.717) is 11.8 Å². The van der Waals surface area contributed by atoms with Gasteiger partial charge in [-0.25, -0.2) is 0 Å². The highest BCUT2D eigenvalue weighted by atomic mass is 16.3. The Morgan fingerprint density at radius 1 is 1.20 bits per heavy atom. The molecule has 0 radical (unpaired) electrons. The summed E-state index contributed by atoms with van der Waals surface area (Å²) < 4.78 is 0. The van der Waals surface area contributed by atoms with Crippen molar-refractivity contribution >= 4 is 5.91 Å². The van der Waals surface area contributed by atoms with E-state index in [1.165, 1.54) is 32.1 Å². The number of nitrogens with zero attached hydrogens (tertiary/aromatic N) is 1. The molecule has 20 heavy (non-hydrogen) atoms. The first kappa shape index (κ1) is 13.1. The van der Waals surface area contributed by atoms with E-state index in [-0.39, 0.29) is 11.6 Å². The maximum absolute atomic E-state index is 12.8. The summed E-state index contributed by atoms with van der Waals surface area (Å²) in [7, 11) is 0. The minimum Gasteiger partial charge on any atom is -0.393 e. The van der Waals surface area contributed by atoms with Gasteiger partial charge in [0.25, 0.3) is 0 Å². The molecule has 4 fully saturated rings. The standard InChI is InChI=1S/C17H27NO2/c19-15-4-7-18(17(11-15)5-1-6-17)16(20)10-14-9-12-2-3-13(14)8-12/h12-15,19H,1-11H2. The quantitative estimate of drug-likeness (QED) is 0.843. The lowest BCUT2D eigenvalue weighted by Gasteiger charge is -2.54. The lowest BCUT2D eigenvalue weighted by Crippen LogP contribution is -2.61. The minimum absolute atomic E-state index is 0.0480. The van der Waals surface area contributed by atoms with Crippen LogP contribution in [0, 0.1) is 17.8 Å². The van der Waals surface area contributed by atoms with Crippen LogP contribution in [0.4, 0.5) is 0 Å². The van der Waals surface area contributed by atoms with Gasteiger partial charge in [0, 0.05) is 18.5 Å². The molecule has 0 aromatic carbocycles. The second-order valence-electron chi connectivity index (χ2n) is 7.91. The Hall–Kier alpha value is -0.570. The Balaban J connectivity index is 1.42. The molecule has 1 spiro atoms. The van der Waals surface area contributed by atoms with E-state index in [1.807, 2.05) is 0 Å². The molecule has 4 rings (SSSR count). The number of likely N-dealkylation sites (tertiary alicyclic amines) is 1. The first-order valence-electron chi connectivity index (χ1n) is 8.65. The highest BCUT2D eigenvalue weighted by molar-refractivity contribution is 5.77. The molecule has 1 aliphatic heterocycles. The van der Waals surface area contributed by atoms with E-state index < -0.39 is 0 Å². The van der Waals surface area contributed by atoms with Crippen molar-refractivity contribution in [3.8, 4) is 0 Å². The molecule has 3 saturated carbocycles. The fourth-order valence-corrected chi connectivity index (χ4v) is 5.58. The summed E-state index contributed by atoms with van der Waals surface area (Å²) in [5.41, 5.74) is 0.0480. The van der Waals surface area contributed by atoms with Crippen LogP contribution < -0.4 is 0 Å². The van der Waals surface area contributed by atoms with Crippen LogP contribution in [-0.4, -0.2) is 34.1 Å². The maximum atomic E-state index is 12.8. The minimum atomic E-state index is -0.179. The molecule has 1 amide bonds. The number of fused-ring (bicyclic) bond motifs is 2. The molecule has 4 atom stereocenters. The fraction of sp³-hybridized carbons (Fsp3) is 0.941. The van der Waals surface area contributed by atoms with E-state index >= 15 is 0 Å². The predicted molar refractivity (Wildman–Crippen MR) is 77.1 cm³/mol.